The van der Waals surface area contributed by atoms with Crippen molar-refractivity contribution < 1.29 is 14.3 Å². The standard InChI is InChI=1S/C19H29N5O3/c20-5-6-21-18(25)15-3-4-16(14-23-7-1-2-8-23)17(13-15)22-19(26)24-9-11-27-12-10-24/h3-4,13H,1-2,5-12,14,20H2,(H,21,25)(H,22,26). The van der Waals surface area contributed by atoms with Gasteiger partial charge in [-0.2, -0.15) is 0 Å². The molecule has 2 fully saturated rings. The van der Waals surface area contributed by atoms with Gasteiger partial charge in [-0.15, -0.1) is 0 Å². The number of carbonyl (C=O) groups is 2. The lowest BCUT2D eigenvalue weighted by Crippen LogP contribution is -2.43. The lowest BCUT2D eigenvalue weighted by molar-refractivity contribution is 0.0564. The molecule has 8 heteroatoms. The summed E-state index contributed by atoms with van der Waals surface area (Å²) in [6.07, 6.45) is 2.41. The quantitative estimate of drug-likeness (QED) is 0.684. The average molecular weight is 375 g/mol. The van der Waals surface area contributed by atoms with Crippen molar-refractivity contribution in [3.8, 4) is 0 Å². The molecule has 4 N–H and O–H groups in total. The molecule has 0 spiro atoms. The number of urea groups is 1. The zero-order valence-corrected chi connectivity index (χ0v) is 15.7. The van der Waals surface area contributed by atoms with Crippen molar-refractivity contribution in [3.05, 3.63) is 29.3 Å². The number of benzene rings is 1. The minimum atomic E-state index is -0.185. The van der Waals surface area contributed by atoms with Crippen molar-refractivity contribution in [2.24, 2.45) is 5.73 Å². The van der Waals surface area contributed by atoms with Crippen LogP contribution >= 0.6 is 0 Å². The van der Waals surface area contributed by atoms with E-state index in [1.165, 1.54) is 12.8 Å². The molecule has 0 radical (unpaired) electrons. The van der Waals surface area contributed by atoms with Crippen molar-refractivity contribution in [2.75, 3.05) is 57.8 Å². The number of carbonyl (C=O) groups excluding carboxylic acids is 2. The number of ether oxygens (including phenoxy) is 1. The fourth-order valence-corrected chi connectivity index (χ4v) is 3.40. The van der Waals surface area contributed by atoms with Crippen LogP contribution in [-0.2, 0) is 11.3 Å². The number of nitrogens with zero attached hydrogens (tertiary/aromatic N) is 2. The molecule has 2 aliphatic heterocycles. The Morgan fingerprint density at radius 1 is 1.11 bits per heavy atom. The molecule has 3 rings (SSSR count). The van der Waals surface area contributed by atoms with E-state index in [2.05, 4.69) is 15.5 Å². The Morgan fingerprint density at radius 3 is 2.56 bits per heavy atom. The molecule has 3 amide bonds. The first kappa shape index (κ1) is 19.6. The number of likely N-dealkylation sites (tertiary alicyclic amines) is 1. The number of nitrogens with two attached hydrogens (primary N) is 1. The lowest BCUT2D eigenvalue weighted by Gasteiger charge is -2.27. The van der Waals surface area contributed by atoms with E-state index in [1.54, 1.807) is 11.0 Å². The van der Waals surface area contributed by atoms with Gasteiger partial charge >= 0.3 is 6.03 Å². The molecule has 1 aromatic rings. The highest BCUT2D eigenvalue weighted by Gasteiger charge is 2.20. The molecule has 0 saturated carbocycles. The molecule has 2 aliphatic rings. The highest BCUT2D eigenvalue weighted by Crippen LogP contribution is 2.22. The van der Waals surface area contributed by atoms with E-state index in [0.29, 0.717) is 50.6 Å². The largest absolute Gasteiger partial charge is 0.378 e. The highest BCUT2D eigenvalue weighted by molar-refractivity contribution is 5.97. The summed E-state index contributed by atoms with van der Waals surface area (Å²) >= 11 is 0. The van der Waals surface area contributed by atoms with Gasteiger partial charge in [0.15, 0.2) is 0 Å². The zero-order chi connectivity index (χ0) is 19.1. The molecule has 2 heterocycles. The van der Waals surface area contributed by atoms with Gasteiger partial charge < -0.3 is 26.0 Å². The SMILES string of the molecule is NCCNC(=O)c1ccc(CN2CCCC2)c(NC(=O)N2CCOCC2)c1. The second-order valence-electron chi connectivity index (χ2n) is 6.93. The van der Waals surface area contributed by atoms with Crippen LogP contribution in [0.1, 0.15) is 28.8 Å². The van der Waals surface area contributed by atoms with E-state index < -0.39 is 0 Å². The summed E-state index contributed by atoms with van der Waals surface area (Å²) in [7, 11) is 0. The normalized spacial score (nSPS) is 17.7. The Bertz CT molecular complexity index is 655. The van der Waals surface area contributed by atoms with Crippen LogP contribution in [0.25, 0.3) is 0 Å². The minimum Gasteiger partial charge on any atom is -0.378 e. The van der Waals surface area contributed by atoms with Crippen molar-refractivity contribution in [1.29, 1.82) is 0 Å². The summed E-state index contributed by atoms with van der Waals surface area (Å²) in [6.45, 7) is 5.96. The van der Waals surface area contributed by atoms with Crippen LogP contribution in [0.2, 0.25) is 0 Å². The van der Waals surface area contributed by atoms with Crippen molar-refractivity contribution in [3.63, 3.8) is 0 Å². The fraction of sp³-hybridized carbons (Fsp3) is 0.579. The van der Waals surface area contributed by atoms with Crippen LogP contribution in [-0.4, -0.2) is 74.2 Å². The molecule has 27 heavy (non-hydrogen) atoms. The topological polar surface area (TPSA) is 99.9 Å². The van der Waals surface area contributed by atoms with Crippen LogP contribution in [0, 0.1) is 0 Å². The van der Waals surface area contributed by atoms with Gasteiger partial charge in [-0.3, -0.25) is 9.69 Å². The summed E-state index contributed by atoms with van der Waals surface area (Å²) in [5, 5.41) is 5.78. The van der Waals surface area contributed by atoms with Gasteiger partial charge in [0, 0.05) is 44.0 Å². The Morgan fingerprint density at radius 2 is 1.85 bits per heavy atom. The number of hydrogen-bond acceptors (Lipinski definition) is 5. The summed E-state index contributed by atoms with van der Waals surface area (Å²) in [4.78, 5) is 29.0. The fourth-order valence-electron chi connectivity index (χ4n) is 3.40. The third-order valence-electron chi connectivity index (χ3n) is 4.93. The van der Waals surface area contributed by atoms with Crippen LogP contribution in [0.15, 0.2) is 18.2 Å². The Hall–Kier alpha value is -2.16. The molecule has 8 nitrogen and oxygen atoms in total. The van der Waals surface area contributed by atoms with Gasteiger partial charge in [-0.25, -0.2) is 4.79 Å². The molecule has 0 aromatic heterocycles. The first-order valence-electron chi connectivity index (χ1n) is 9.64. The third-order valence-corrected chi connectivity index (χ3v) is 4.93. The van der Waals surface area contributed by atoms with Gasteiger partial charge in [0.25, 0.3) is 5.91 Å². The molecule has 2 saturated heterocycles. The monoisotopic (exact) mass is 375 g/mol. The second-order valence-corrected chi connectivity index (χ2v) is 6.93. The van der Waals surface area contributed by atoms with E-state index >= 15 is 0 Å². The Labute approximate surface area is 160 Å². The highest BCUT2D eigenvalue weighted by atomic mass is 16.5. The van der Waals surface area contributed by atoms with Crippen LogP contribution in [0.5, 0.6) is 0 Å². The average Bonchev–Trinajstić information content (AvgIpc) is 3.21. The minimum absolute atomic E-state index is 0.152. The van der Waals surface area contributed by atoms with E-state index in [4.69, 9.17) is 10.5 Å². The molecule has 0 unspecified atom stereocenters. The molecule has 1 aromatic carbocycles. The maximum atomic E-state index is 12.6. The molecule has 0 atom stereocenters. The first-order valence-corrected chi connectivity index (χ1v) is 9.64. The number of nitrogens with one attached hydrogen (secondary N) is 2. The maximum Gasteiger partial charge on any atom is 0.322 e. The molecule has 0 aliphatic carbocycles. The van der Waals surface area contributed by atoms with E-state index in [0.717, 1.165) is 25.2 Å². The summed E-state index contributed by atoms with van der Waals surface area (Å²) in [5.74, 6) is -0.185. The Balaban J connectivity index is 1.76. The summed E-state index contributed by atoms with van der Waals surface area (Å²) in [6, 6.07) is 5.35. The van der Waals surface area contributed by atoms with Gasteiger partial charge in [0.2, 0.25) is 0 Å². The lowest BCUT2D eigenvalue weighted by atomic mass is 10.1. The van der Waals surface area contributed by atoms with Crippen LogP contribution in [0.3, 0.4) is 0 Å². The second kappa shape index (κ2) is 9.68. The predicted molar refractivity (Wildman–Crippen MR) is 104 cm³/mol. The number of morpholine rings is 1. The third kappa shape index (κ3) is 5.41. The van der Waals surface area contributed by atoms with Gasteiger partial charge in [-0.1, -0.05) is 6.07 Å². The summed E-state index contributed by atoms with van der Waals surface area (Å²) < 4.78 is 5.31. The molecule has 0 bridgehead atoms. The number of rotatable bonds is 6. The molecular formula is C19H29N5O3. The van der Waals surface area contributed by atoms with Crippen LogP contribution in [0.4, 0.5) is 10.5 Å². The van der Waals surface area contributed by atoms with Crippen molar-refractivity contribution in [2.45, 2.75) is 19.4 Å². The molecule has 148 valence electrons. The van der Waals surface area contributed by atoms with Crippen LogP contribution < -0.4 is 16.4 Å². The Kier molecular flexibility index (Phi) is 7.03. The van der Waals surface area contributed by atoms with Gasteiger partial charge in [0.05, 0.1) is 13.2 Å². The van der Waals surface area contributed by atoms with E-state index in [9.17, 15) is 9.59 Å². The predicted octanol–water partition coefficient (Wildman–Crippen LogP) is 0.835. The number of anilines is 1. The first-order chi connectivity index (χ1) is 13.2. The zero-order valence-electron chi connectivity index (χ0n) is 15.7. The summed E-state index contributed by atoms with van der Waals surface area (Å²) in [5.41, 5.74) is 7.69. The number of hydrogen-bond donors (Lipinski definition) is 3. The van der Waals surface area contributed by atoms with E-state index in [-0.39, 0.29) is 11.9 Å². The van der Waals surface area contributed by atoms with Crippen molar-refractivity contribution >= 4 is 17.6 Å². The smallest absolute Gasteiger partial charge is 0.322 e. The van der Waals surface area contributed by atoms with Gasteiger partial charge in [-0.05, 0) is 43.6 Å². The van der Waals surface area contributed by atoms with Crippen molar-refractivity contribution in [1.82, 2.24) is 15.1 Å². The molecular weight excluding hydrogens is 346 g/mol. The number of amides is 3. The van der Waals surface area contributed by atoms with Gasteiger partial charge in [0.1, 0.15) is 0 Å². The van der Waals surface area contributed by atoms with E-state index in [1.807, 2.05) is 12.1 Å². The maximum absolute atomic E-state index is 12.6.